The first kappa shape index (κ1) is 8.41. The minimum Gasteiger partial charge on any atom is -0.508 e. The van der Waals surface area contributed by atoms with Gasteiger partial charge in [0, 0.05) is 5.56 Å². The van der Waals surface area contributed by atoms with Gasteiger partial charge in [0.25, 0.3) is 0 Å². The zero-order chi connectivity index (χ0) is 8.43. The molecule has 11 heavy (non-hydrogen) atoms. The molecule has 0 heterocycles. The molecular formula is C9H11ClO. The van der Waals surface area contributed by atoms with Gasteiger partial charge in [0.15, 0.2) is 0 Å². The van der Waals surface area contributed by atoms with E-state index in [0.717, 1.165) is 16.7 Å². The number of alkyl halides is 1. The fourth-order valence-electron chi connectivity index (χ4n) is 1.15. The van der Waals surface area contributed by atoms with E-state index < -0.39 is 0 Å². The van der Waals surface area contributed by atoms with E-state index in [9.17, 15) is 5.11 Å². The number of phenols is 1. The summed E-state index contributed by atoms with van der Waals surface area (Å²) in [4.78, 5) is 0. The largest absolute Gasteiger partial charge is 0.508 e. The first-order valence-electron chi connectivity index (χ1n) is 3.50. The van der Waals surface area contributed by atoms with E-state index in [1.807, 2.05) is 19.9 Å². The monoisotopic (exact) mass is 170 g/mol. The minimum atomic E-state index is 0.303. The van der Waals surface area contributed by atoms with Gasteiger partial charge < -0.3 is 5.11 Å². The van der Waals surface area contributed by atoms with Crippen LogP contribution in [0.4, 0.5) is 0 Å². The summed E-state index contributed by atoms with van der Waals surface area (Å²) >= 11 is 5.63. The molecule has 0 atom stereocenters. The summed E-state index contributed by atoms with van der Waals surface area (Å²) in [6.45, 7) is 3.90. The highest BCUT2D eigenvalue weighted by molar-refractivity contribution is 6.17. The standard InChI is InChI=1S/C9H11ClO/c1-6-3-7(2)8(5-10)9(11)4-6/h3-4,11H,5H2,1-2H3. The van der Waals surface area contributed by atoms with Crippen LogP contribution in [0.1, 0.15) is 16.7 Å². The van der Waals surface area contributed by atoms with Gasteiger partial charge in [0.1, 0.15) is 5.75 Å². The van der Waals surface area contributed by atoms with Gasteiger partial charge in [-0.3, -0.25) is 0 Å². The molecule has 0 aliphatic rings. The van der Waals surface area contributed by atoms with E-state index in [4.69, 9.17) is 11.6 Å². The van der Waals surface area contributed by atoms with E-state index in [2.05, 4.69) is 0 Å². The van der Waals surface area contributed by atoms with Crippen molar-refractivity contribution in [1.29, 1.82) is 0 Å². The number of halogens is 1. The second-order valence-corrected chi connectivity index (χ2v) is 2.98. The Bertz CT molecular complexity index is 245. The third kappa shape index (κ3) is 1.66. The molecule has 2 heteroatoms. The number of aryl methyl sites for hydroxylation is 2. The molecule has 1 nitrogen and oxygen atoms in total. The van der Waals surface area contributed by atoms with Crippen LogP contribution in [0.15, 0.2) is 12.1 Å². The summed E-state index contributed by atoms with van der Waals surface area (Å²) < 4.78 is 0. The highest BCUT2D eigenvalue weighted by Gasteiger charge is 2.03. The van der Waals surface area contributed by atoms with Gasteiger partial charge in [-0.25, -0.2) is 0 Å². The molecule has 1 N–H and O–H groups in total. The molecule has 0 saturated carbocycles. The zero-order valence-corrected chi connectivity index (χ0v) is 7.44. The van der Waals surface area contributed by atoms with Crippen molar-refractivity contribution in [3.63, 3.8) is 0 Å². The second-order valence-electron chi connectivity index (χ2n) is 2.71. The van der Waals surface area contributed by atoms with Gasteiger partial charge in [-0.2, -0.15) is 0 Å². The number of benzene rings is 1. The Morgan fingerprint density at radius 3 is 2.45 bits per heavy atom. The fourth-order valence-corrected chi connectivity index (χ4v) is 1.50. The van der Waals surface area contributed by atoms with Crippen molar-refractivity contribution in [3.05, 3.63) is 28.8 Å². The smallest absolute Gasteiger partial charge is 0.120 e. The number of hydrogen-bond donors (Lipinski definition) is 1. The SMILES string of the molecule is Cc1cc(C)c(CCl)c(O)c1. The molecule has 0 aliphatic heterocycles. The van der Waals surface area contributed by atoms with Crippen LogP contribution in [0.2, 0.25) is 0 Å². The van der Waals surface area contributed by atoms with Gasteiger partial charge >= 0.3 is 0 Å². The number of hydrogen-bond acceptors (Lipinski definition) is 1. The fraction of sp³-hybridized carbons (Fsp3) is 0.333. The van der Waals surface area contributed by atoms with Gasteiger partial charge in [0.05, 0.1) is 5.88 Å². The molecule has 1 aromatic carbocycles. The maximum Gasteiger partial charge on any atom is 0.120 e. The molecule has 0 radical (unpaired) electrons. The first-order valence-corrected chi connectivity index (χ1v) is 4.03. The van der Waals surface area contributed by atoms with E-state index in [1.165, 1.54) is 0 Å². The Kier molecular flexibility index (Phi) is 2.40. The maximum atomic E-state index is 9.39. The van der Waals surface area contributed by atoms with Crippen LogP contribution >= 0.6 is 11.6 Å². The third-order valence-corrected chi connectivity index (χ3v) is 1.99. The summed E-state index contributed by atoms with van der Waals surface area (Å²) in [5.74, 6) is 0.676. The van der Waals surface area contributed by atoms with Crippen molar-refractivity contribution in [2.24, 2.45) is 0 Å². The summed E-state index contributed by atoms with van der Waals surface area (Å²) in [7, 11) is 0. The molecule has 0 fully saturated rings. The Balaban J connectivity index is 3.25. The van der Waals surface area contributed by atoms with Gasteiger partial charge in [-0.1, -0.05) is 6.07 Å². The van der Waals surface area contributed by atoms with Gasteiger partial charge in [-0.15, -0.1) is 11.6 Å². The Labute approximate surface area is 71.6 Å². The Morgan fingerprint density at radius 1 is 1.36 bits per heavy atom. The summed E-state index contributed by atoms with van der Waals surface area (Å²) in [6, 6.07) is 3.74. The molecular weight excluding hydrogens is 160 g/mol. The maximum absolute atomic E-state index is 9.39. The quantitative estimate of drug-likeness (QED) is 0.643. The predicted molar refractivity (Wildman–Crippen MR) is 47.1 cm³/mol. The lowest BCUT2D eigenvalue weighted by Gasteiger charge is -2.05. The summed E-state index contributed by atoms with van der Waals surface area (Å²) in [5, 5.41) is 9.39. The molecule has 1 aromatic rings. The molecule has 0 aliphatic carbocycles. The average Bonchev–Trinajstić information content (AvgIpc) is 1.85. The van der Waals surface area contributed by atoms with Crippen molar-refractivity contribution in [1.82, 2.24) is 0 Å². The zero-order valence-electron chi connectivity index (χ0n) is 6.69. The predicted octanol–water partition coefficient (Wildman–Crippen LogP) is 2.75. The van der Waals surface area contributed by atoms with E-state index in [1.54, 1.807) is 6.07 Å². The molecule has 0 aromatic heterocycles. The van der Waals surface area contributed by atoms with Crippen LogP contribution in [0.3, 0.4) is 0 Å². The van der Waals surface area contributed by atoms with Crippen LogP contribution in [0.5, 0.6) is 5.75 Å². The number of aromatic hydroxyl groups is 1. The van der Waals surface area contributed by atoms with Gasteiger partial charge in [-0.05, 0) is 31.0 Å². The normalized spacial score (nSPS) is 10.1. The highest BCUT2D eigenvalue weighted by atomic mass is 35.5. The first-order chi connectivity index (χ1) is 5.15. The minimum absolute atomic E-state index is 0.303. The molecule has 0 unspecified atom stereocenters. The van der Waals surface area contributed by atoms with E-state index >= 15 is 0 Å². The number of phenolic OH excluding ortho intramolecular Hbond substituents is 1. The van der Waals surface area contributed by atoms with Crippen LogP contribution < -0.4 is 0 Å². The summed E-state index contributed by atoms with van der Waals surface area (Å²) in [5.41, 5.74) is 2.95. The van der Waals surface area contributed by atoms with Gasteiger partial charge in [0.2, 0.25) is 0 Å². The van der Waals surface area contributed by atoms with Crippen molar-refractivity contribution in [2.45, 2.75) is 19.7 Å². The van der Waals surface area contributed by atoms with Crippen LogP contribution in [0, 0.1) is 13.8 Å². The topological polar surface area (TPSA) is 20.2 Å². The molecule has 0 spiro atoms. The van der Waals surface area contributed by atoms with E-state index in [-0.39, 0.29) is 0 Å². The number of rotatable bonds is 1. The highest BCUT2D eigenvalue weighted by Crippen LogP contribution is 2.24. The van der Waals surface area contributed by atoms with Crippen LogP contribution in [-0.4, -0.2) is 5.11 Å². The lowest BCUT2D eigenvalue weighted by atomic mass is 10.1. The summed E-state index contributed by atoms with van der Waals surface area (Å²) in [6.07, 6.45) is 0. The second kappa shape index (κ2) is 3.14. The molecule has 60 valence electrons. The molecule has 0 saturated heterocycles. The Hall–Kier alpha value is -0.690. The molecule has 1 rings (SSSR count). The average molecular weight is 171 g/mol. The lowest BCUT2D eigenvalue weighted by molar-refractivity contribution is 0.469. The third-order valence-electron chi connectivity index (χ3n) is 1.73. The van der Waals surface area contributed by atoms with Crippen molar-refractivity contribution >= 4 is 11.6 Å². The van der Waals surface area contributed by atoms with Crippen LogP contribution in [-0.2, 0) is 5.88 Å². The van der Waals surface area contributed by atoms with Crippen molar-refractivity contribution in [3.8, 4) is 5.75 Å². The van der Waals surface area contributed by atoms with Crippen molar-refractivity contribution in [2.75, 3.05) is 0 Å². The van der Waals surface area contributed by atoms with E-state index in [0.29, 0.717) is 11.6 Å². The molecule has 0 bridgehead atoms. The Morgan fingerprint density at radius 2 is 2.00 bits per heavy atom. The lowest BCUT2D eigenvalue weighted by Crippen LogP contribution is -1.86. The van der Waals surface area contributed by atoms with Crippen molar-refractivity contribution < 1.29 is 5.11 Å². The van der Waals surface area contributed by atoms with Crippen LogP contribution in [0.25, 0.3) is 0 Å². The molecule has 0 amide bonds.